The zero-order valence-corrected chi connectivity index (χ0v) is 11.7. The van der Waals surface area contributed by atoms with Crippen LogP contribution in [0.5, 0.6) is 0 Å². The first-order chi connectivity index (χ1) is 9.52. The number of methoxy groups -OCH3 is 1. The molecule has 2 aliphatic rings. The SMILES string of the molecule is COCC1CCCN(C(=O)N2C[C@H](O)C[C@@H]2C(=O)O)C1. The molecule has 2 amide bonds. The average Bonchev–Trinajstić information content (AvgIpc) is 2.81. The number of hydrogen-bond acceptors (Lipinski definition) is 4. The van der Waals surface area contributed by atoms with Crippen molar-refractivity contribution < 1.29 is 24.5 Å². The van der Waals surface area contributed by atoms with Crippen LogP contribution >= 0.6 is 0 Å². The highest BCUT2D eigenvalue weighted by atomic mass is 16.5. The van der Waals surface area contributed by atoms with Crippen LogP contribution in [0, 0.1) is 5.92 Å². The molecule has 0 saturated carbocycles. The molecule has 2 rings (SSSR count). The first-order valence-corrected chi connectivity index (χ1v) is 6.98. The van der Waals surface area contributed by atoms with Crippen molar-refractivity contribution in [1.29, 1.82) is 0 Å². The Bertz CT molecular complexity index is 374. The Hall–Kier alpha value is -1.34. The number of carboxylic acid groups (broad SMARTS) is 1. The largest absolute Gasteiger partial charge is 0.480 e. The van der Waals surface area contributed by atoms with Gasteiger partial charge < -0.3 is 24.7 Å². The molecular weight excluding hydrogens is 264 g/mol. The zero-order valence-electron chi connectivity index (χ0n) is 11.7. The number of likely N-dealkylation sites (tertiary alicyclic amines) is 2. The van der Waals surface area contributed by atoms with Gasteiger partial charge in [0, 0.05) is 39.1 Å². The second-order valence-corrected chi connectivity index (χ2v) is 5.59. The number of amides is 2. The Morgan fingerprint density at radius 1 is 1.35 bits per heavy atom. The number of aliphatic carboxylic acids is 1. The number of β-amino-alcohol motifs (C(OH)–C–C–N with tert-alkyl or cyclic N) is 1. The van der Waals surface area contributed by atoms with Crippen LogP contribution in [0.25, 0.3) is 0 Å². The number of nitrogens with zero attached hydrogens (tertiary/aromatic N) is 2. The third-order valence-corrected chi connectivity index (χ3v) is 4.00. The van der Waals surface area contributed by atoms with E-state index in [0.717, 1.165) is 12.8 Å². The average molecular weight is 286 g/mol. The van der Waals surface area contributed by atoms with Gasteiger partial charge in [-0.1, -0.05) is 0 Å². The number of aliphatic hydroxyl groups is 1. The summed E-state index contributed by atoms with van der Waals surface area (Å²) in [4.78, 5) is 26.6. The number of rotatable bonds is 3. The summed E-state index contributed by atoms with van der Waals surface area (Å²) in [5, 5.41) is 18.7. The molecule has 0 bridgehead atoms. The van der Waals surface area contributed by atoms with Crippen LogP contribution in [0.1, 0.15) is 19.3 Å². The van der Waals surface area contributed by atoms with Gasteiger partial charge in [0.05, 0.1) is 12.7 Å². The van der Waals surface area contributed by atoms with Gasteiger partial charge in [-0.15, -0.1) is 0 Å². The van der Waals surface area contributed by atoms with E-state index in [1.54, 1.807) is 12.0 Å². The van der Waals surface area contributed by atoms with Gasteiger partial charge in [-0.2, -0.15) is 0 Å². The summed E-state index contributed by atoms with van der Waals surface area (Å²) in [5.41, 5.74) is 0. The molecule has 20 heavy (non-hydrogen) atoms. The van der Waals surface area contributed by atoms with Crippen LogP contribution in [-0.2, 0) is 9.53 Å². The van der Waals surface area contributed by atoms with E-state index < -0.39 is 18.1 Å². The lowest BCUT2D eigenvalue weighted by atomic mass is 9.99. The summed E-state index contributed by atoms with van der Waals surface area (Å²) in [6, 6.07) is -1.20. The number of carbonyl (C=O) groups excluding carboxylic acids is 1. The second-order valence-electron chi connectivity index (χ2n) is 5.59. The standard InChI is InChI=1S/C13H22N2O5/c1-20-8-9-3-2-4-14(6-9)13(19)15-7-10(16)5-11(15)12(17)18/h9-11,16H,2-8H2,1H3,(H,17,18)/t9?,10-,11-/m1/s1. The minimum atomic E-state index is -1.06. The van der Waals surface area contributed by atoms with Gasteiger partial charge in [0.2, 0.25) is 0 Å². The van der Waals surface area contributed by atoms with Crippen molar-refractivity contribution in [3.63, 3.8) is 0 Å². The van der Waals surface area contributed by atoms with Gasteiger partial charge in [0.15, 0.2) is 0 Å². The van der Waals surface area contributed by atoms with Gasteiger partial charge in [0.25, 0.3) is 0 Å². The summed E-state index contributed by atoms with van der Waals surface area (Å²) in [7, 11) is 1.64. The minimum absolute atomic E-state index is 0.0985. The van der Waals surface area contributed by atoms with Crippen molar-refractivity contribution in [3.8, 4) is 0 Å². The molecule has 3 atom stereocenters. The molecule has 0 spiro atoms. The predicted octanol–water partition coefficient (Wildman–Crippen LogP) is -0.0154. The highest BCUT2D eigenvalue weighted by Crippen LogP contribution is 2.23. The van der Waals surface area contributed by atoms with E-state index in [-0.39, 0.29) is 19.0 Å². The van der Waals surface area contributed by atoms with Crippen molar-refractivity contribution >= 4 is 12.0 Å². The molecule has 0 aromatic rings. The molecule has 0 aliphatic carbocycles. The normalized spacial score (nSPS) is 30.6. The van der Waals surface area contributed by atoms with Crippen molar-refractivity contribution in [2.75, 3.05) is 33.4 Å². The number of aliphatic hydroxyl groups excluding tert-OH is 1. The fourth-order valence-corrected chi connectivity index (χ4v) is 3.05. The van der Waals surface area contributed by atoms with Crippen LogP contribution in [-0.4, -0.2) is 77.5 Å². The molecule has 2 fully saturated rings. The van der Waals surface area contributed by atoms with Crippen LogP contribution < -0.4 is 0 Å². The summed E-state index contributed by atoms with van der Waals surface area (Å²) in [6.45, 7) is 1.93. The summed E-state index contributed by atoms with van der Waals surface area (Å²) in [6.07, 6.45) is 1.27. The van der Waals surface area contributed by atoms with E-state index in [1.807, 2.05) is 0 Å². The highest BCUT2D eigenvalue weighted by Gasteiger charge is 2.41. The summed E-state index contributed by atoms with van der Waals surface area (Å²) in [5.74, 6) is -0.756. The van der Waals surface area contributed by atoms with E-state index in [4.69, 9.17) is 9.84 Å². The number of hydrogen-bond donors (Lipinski definition) is 2. The van der Waals surface area contributed by atoms with Gasteiger partial charge in [0.1, 0.15) is 6.04 Å². The molecule has 0 radical (unpaired) electrons. The van der Waals surface area contributed by atoms with Crippen LogP contribution in [0.15, 0.2) is 0 Å². The Labute approximate surface area is 118 Å². The highest BCUT2D eigenvalue weighted by molar-refractivity contribution is 5.83. The number of piperidine rings is 1. The summed E-state index contributed by atoms with van der Waals surface area (Å²) >= 11 is 0. The van der Waals surface area contributed by atoms with Crippen molar-refractivity contribution in [2.24, 2.45) is 5.92 Å². The Kier molecular flexibility index (Phi) is 4.82. The lowest BCUT2D eigenvalue weighted by Crippen LogP contribution is -2.51. The molecule has 2 N–H and O–H groups in total. The molecule has 7 heteroatoms. The fourth-order valence-electron chi connectivity index (χ4n) is 3.05. The first kappa shape index (κ1) is 15.1. The molecule has 2 aliphatic heterocycles. The molecule has 114 valence electrons. The van der Waals surface area contributed by atoms with E-state index >= 15 is 0 Å². The molecule has 0 aromatic heterocycles. The van der Waals surface area contributed by atoms with Crippen LogP contribution in [0.4, 0.5) is 4.79 Å². The van der Waals surface area contributed by atoms with E-state index in [9.17, 15) is 14.7 Å². The van der Waals surface area contributed by atoms with Crippen molar-refractivity contribution in [3.05, 3.63) is 0 Å². The molecule has 7 nitrogen and oxygen atoms in total. The molecule has 2 heterocycles. The lowest BCUT2D eigenvalue weighted by Gasteiger charge is -2.36. The van der Waals surface area contributed by atoms with Gasteiger partial charge in [-0.05, 0) is 12.8 Å². The molecule has 1 unspecified atom stereocenters. The number of urea groups is 1. The fraction of sp³-hybridized carbons (Fsp3) is 0.846. The molecule has 0 aromatic carbocycles. The third-order valence-electron chi connectivity index (χ3n) is 4.00. The van der Waals surface area contributed by atoms with E-state index in [0.29, 0.717) is 25.6 Å². The minimum Gasteiger partial charge on any atom is -0.480 e. The second kappa shape index (κ2) is 6.41. The van der Waals surface area contributed by atoms with Crippen LogP contribution in [0.2, 0.25) is 0 Å². The first-order valence-electron chi connectivity index (χ1n) is 6.98. The molecular formula is C13H22N2O5. The van der Waals surface area contributed by atoms with Gasteiger partial charge in [-0.25, -0.2) is 9.59 Å². The quantitative estimate of drug-likeness (QED) is 0.761. The van der Waals surface area contributed by atoms with Crippen LogP contribution in [0.3, 0.4) is 0 Å². The van der Waals surface area contributed by atoms with Gasteiger partial charge in [-0.3, -0.25) is 0 Å². The Balaban J connectivity index is 2.00. The van der Waals surface area contributed by atoms with Gasteiger partial charge >= 0.3 is 12.0 Å². The number of carbonyl (C=O) groups is 2. The van der Waals surface area contributed by atoms with Crippen molar-refractivity contribution in [1.82, 2.24) is 9.80 Å². The lowest BCUT2D eigenvalue weighted by molar-refractivity contribution is -0.141. The maximum Gasteiger partial charge on any atom is 0.326 e. The third kappa shape index (κ3) is 3.21. The van der Waals surface area contributed by atoms with Crippen molar-refractivity contribution in [2.45, 2.75) is 31.4 Å². The predicted molar refractivity (Wildman–Crippen MR) is 70.3 cm³/mol. The maximum absolute atomic E-state index is 12.4. The number of carboxylic acids is 1. The monoisotopic (exact) mass is 286 g/mol. The van der Waals surface area contributed by atoms with E-state index in [2.05, 4.69) is 0 Å². The van der Waals surface area contributed by atoms with E-state index in [1.165, 1.54) is 4.90 Å². The Morgan fingerprint density at radius 3 is 2.75 bits per heavy atom. The molecule has 2 saturated heterocycles. The smallest absolute Gasteiger partial charge is 0.326 e. The topological polar surface area (TPSA) is 90.3 Å². The maximum atomic E-state index is 12.4. The summed E-state index contributed by atoms with van der Waals surface area (Å²) < 4.78 is 5.13. The number of ether oxygens (including phenoxy) is 1. The Morgan fingerprint density at radius 2 is 2.10 bits per heavy atom. The zero-order chi connectivity index (χ0) is 14.7.